The van der Waals surface area contributed by atoms with Crippen LogP contribution in [0.3, 0.4) is 0 Å². The molecule has 174 valence electrons. The van der Waals surface area contributed by atoms with E-state index in [9.17, 15) is 9.59 Å². The molecule has 0 aliphatic carbocycles. The Labute approximate surface area is 194 Å². The highest BCUT2D eigenvalue weighted by molar-refractivity contribution is 6.06. The van der Waals surface area contributed by atoms with E-state index in [1.807, 2.05) is 68.4 Å². The molecule has 0 spiro atoms. The number of hydrogen-bond donors (Lipinski definition) is 0. The lowest BCUT2D eigenvalue weighted by molar-refractivity contribution is -0.140. The fraction of sp³-hybridized carbons (Fsp3) is 0.423. The van der Waals surface area contributed by atoms with Crippen LogP contribution in [0.4, 0.5) is 4.79 Å². The van der Waals surface area contributed by atoms with Crippen LogP contribution in [0.15, 0.2) is 59.8 Å². The number of benzene rings is 2. The first-order valence-corrected chi connectivity index (χ1v) is 11.4. The highest BCUT2D eigenvalue weighted by atomic mass is 16.6. The largest absolute Gasteiger partial charge is 0.494 e. The molecular formula is C26H30N2O5. The van der Waals surface area contributed by atoms with Crippen molar-refractivity contribution in [1.29, 1.82) is 0 Å². The smallest absolute Gasteiger partial charge is 0.417 e. The summed E-state index contributed by atoms with van der Waals surface area (Å²) in [6.45, 7) is 6.46. The Morgan fingerprint density at radius 2 is 1.88 bits per heavy atom. The van der Waals surface area contributed by atoms with Gasteiger partial charge in [-0.15, -0.1) is 0 Å². The molecule has 2 heterocycles. The summed E-state index contributed by atoms with van der Waals surface area (Å²) >= 11 is 0. The Hall–Kier alpha value is -3.35. The molecule has 0 saturated carbocycles. The summed E-state index contributed by atoms with van der Waals surface area (Å²) in [5, 5.41) is 4.13. The van der Waals surface area contributed by atoms with Gasteiger partial charge in [0.05, 0.1) is 18.4 Å². The van der Waals surface area contributed by atoms with Gasteiger partial charge in [-0.2, -0.15) is 0 Å². The van der Waals surface area contributed by atoms with Crippen molar-refractivity contribution in [3.05, 3.63) is 65.7 Å². The van der Waals surface area contributed by atoms with Crippen molar-refractivity contribution in [3.8, 4) is 5.75 Å². The highest BCUT2D eigenvalue weighted by Gasteiger charge is 2.52. The van der Waals surface area contributed by atoms with E-state index >= 15 is 0 Å². The molecule has 4 rings (SSSR count). The SMILES string of the molecule is CCCCOc1ccc(C2=NO[C@H](C(=O)N3C(=O)OC(C)(C)[C@@H]3Cc3ccccc3)C2)cc1. The number of rotatable bonds is 8. The van der Waals surface area contributed by atoms with Gasteiger partial charge in [-0.1, -0.05) is 48.8 Å². The minimum atomic E-state index is -0.861. The standard InChI is InChI=1S/C26H30N2O5/c1-4-5-15-31-20-13-11-19(12-14-20)21-17-22(33-27-21)24(29)28-23(26(2,3)32-25(28)30)16-18-9-7-6-8-10-18/h6-14,22-23H,4-5,15-17H2,1-3H3/t22-,23-/m0/s1. The molecule has 1 saturated heterocycles. The second kappa shape index (κ2) is 9.65. The summed E-state index contributed by atoms with van der Waals surface area (Å²) in [4.78, 5) is 32.7. The monoisotopic (exact) mass is 450 g/mol. The fourth-order valence-electron chi connectivity index (χ4n) is 4.11. The minimum Gasteiger partial charge on any atom is -0.494 e. The number of oxime groups is 1. The molecule has 0 bridgehead atoms. The topological polar surface area (TPSA) is 77.4 Å². The number of carbonyl (C=O) groups excluding carboxylic acids is 2. The number of cyclic esters (lactones) is 1. The Bertz CT molecular complexity index is 1020. The van der Waals surface area contributed by atoms with E-state index in [-0.39, 0.29) is 6.42 Å². The van der Waals surface area contributed by atoms with E-state index in [0.29, 0.717) is 18.7 Å². The minimum absolute atomic E-state index is 0.289. The number of imide groups is 1. The van der Waals surface area contributed by atoms with Gasteiger partial charge in [0, 0.05) is 6.42 Å². The van der Waals surface area contributed by atoms with Crippen molar-refractivity contribution in [3.63, 3.8) is 0 Å². The van der Waals surface area contributed by atoms with Crippen LogP contribution >= 0.6 is 0 Å². The third-order valence-corrected chi connectivity index (χ3v) is 6.07. The maximum atomic E-state index is 13.3. The quantitative estimate of drug-likeness (QED) is 0.544. The molecule has 2 amide bonds. The van der Waals surface area contributed by atoms with Gasteiger partial charge in [-0.25, -0.2) is 9.69 Å². The van der Waals surface area contributed by atoms with Gasteiger partial charge >= 0.3 is 6.09 Å². The van der Waals surface area contributed by atoms with Crippen LogP contribution in [0.5, 0.6) is 5.75 Å². The highest BCUT2D eigenvalue weighted by Crippen LogP contribution is 2.34. The lowest BCUT2D eigenvalue weighted by atomic mass is 9.91. The van der Waals surface area contributed by atoms with Gasteiger partial charge in [0.25, 0.3) is 5.91 Å². The van der Waals surface area contributed by atoms with Gasteiger partial charge < -0.3 is 14.3 Å². The fourth-order valence-corrected chi connectivity index (χ4v) is 4.11. The Balaban J connectivity index is 1.43. The van der Waals surface area contributed by atoms with Gasteiger partial charge in [-0.3, -0.25) is 4.79 Å². The average Bonchev–Trinajstić information content (AvgIpc) is 3.37. The molecule has 2 aliphatic heterocycles. The number of unbranched alkanes of at least 4 members (excludes halogenated alkanes) is 1. The van der Waals surface area contributed by atoms with E-state index in [1.54, 1.807) is 0 Å². The molecule has 1 fully saturated rings. The van der Waals surface area contributed by atoms with Crippen molar-refractivity contribution >= 4 is 17.7 Å². The third-order valence-electron chi connectivity index (χ3n) is 6.07. The van der Waals surface area contributed by atoms with Gasteiger partial charge in [0.1, 0.15) is 11.4 Å². The molecule has 2 atom stereocenters. The van der Waals surface area contributed by atoms with Gasteiger partial charge in [0.15, 0.2) is 0 Å². The second-order valence-electron chi connectivity index (χ2n) is 8.95. The lowest BCUT2D eigenvalue weighted by Crippen LogP contribution is -2.49. The molecule has 7 nitrogen and oxygen atoms in total. The van der Waals surface area contributed by atoms with E-state index in [2.05, 4.69) is 12.1 Å². The molecule has 7 heteroatoms. The van der Waals surface area contributed by atoms with Crippen molar-refractivity contribution in [1.82, 2.24) is 4.90 Å². The van der Waals surface area contributed by atoms with Crippen LogP contribution in [0.25, 0.3) is 0 Å². The molecule has 0 N–H and O–H groups in total. The summed E-state index contributed by atoms with van der Waals surface area (Å²) in [7, 11) is 0. The Morgan fingerprint density at radius 3 is 2.58 bits per heavy atom. The van der Waals surface area contributed by atoms with Gasteiger partial charge in [-0.05, 0) is 62.1 Å². The number of hydrogen-bond acceptors (Lipinski definition) is 6. The summed E-state index contributed by atoms with van der Waals surface area (Å²) < 4.78 is 11.3. The number of ether oxygens (including phenoxy) is 2. The van der Waals surface area contributed by atoms with Crippen LogP contribution in [-0.2, 0) is 20.8 Å². The lowest BCUT2D eigenvalue weighted by Gasteiger charge is -2.28. The van der Waals surface area contributed by atoms with Crippen LogP contribution in [-0.4, -0.2) is 47.0 Å². The van der Waals surface area contributed by atoms with Gasteiger partial charge in [0.2, 0.25) is 6.10 Å². The zero-order valence-corrected chi connectivity index (χ0v) is 19.3. The first kappa shape index (κ1) is 22.8. The predicted octanol–water partition coefficient (Wildman–Crippen LogP) is 4.73. The van der Waals surface area contributed by atoms with Crippen molar-refractivity contribution in [2.45, 2.75) is 64.2 Å². The van der Waals surface area contributed by atoms with Crippen LogP contribution in [0.2, 0.25) is 0 Å². The summed E-state index contributed by atoms with van der Waals surface area (Å²) in [6, 6.07) is 16.9. The first-order valence-electron chi connectivity index (χ1n) is 11.4. The third kappa shape index (κ3) is 5.02. The summed E-state index contributed by atoms with van der Waals surface area (Å²) in [5.74, 6) is 0.370. The zero-order valence-electron chi connectivity index (χ0n) is 19.3. The van der Waals surface area contributed by atoms with Crippen molar-refractivity contribution in [2.75, 3.05) is 6.61 Å². The zero-order chi connectivity index (χ0) is 23.4. The Morgan fingerprint density at radius 1 is 1.15 bits per heavy atom. The van der Waals surface area contributed by atoms with Crippen molar-refractivity contribution in [2.24, 2.45) is 5.16 Å². The summed E-state index contributed by atoms with van der Waals surface area (Å²) in [5.41, 5.74) is 1.74. The summed E-state index contributed by atoms with van der Waals surface area (Å²) in [6.07, 6.45) is 1.38. The van der Waals surface area contributed by atoms with Crippen LogP contribution in [0, 0.1) is 0 Å². The maximum absolute atomic E-state index is 13.3. The van der Waals surface area contributed by atoms with E-state index in [4.69, 9.17) is 14.3 Å². The maximum Gasteiger partial charge on any atom is 0.417 e. The number of amides is 2. The number of nitrogens with zero attached hydrogens (tertiary/aromatic N) is 2. The molecular weight excluding hydrogens is 420 g/mol. The van der Waals surface area contributed by atoms with Crippen LogP contribution in [0.1, 0.15) is 51.2 Å². The predicted molar refractivity (Wildman–Crippen MR) is 124 cm³/mol. The van der Waals surface area contributed by atoms with E-state index in [1.165, 1.54) is 4.90 Å². The second-order valence-corrected chi connectivity index (χ2v) is 8.95. The molecule has 0 unspecified atom stereocenters. The molecule has 2 aromatic carbocycles. The molecule has 0 aromatic heterocycles. The first-order chi connectivity index (χ1) is 15.9. The molecule has 2 aromatic rings. The van der Waals surface area contributed by atoms with Crippen LogP contribution < -0.4 is 4.74 Å². The normalized spacial score (nSPS) is 21.4. The molecule has 33 heavy (non-hydrogen) atoms. The average molecular weight is 451 g/mol. The molecule has 0 radical (unpaired) electrons. The van der Waals surface area contributed by atoms with E-state index < -0.39 is 29.7 Å². The molecule has 2 aliphatic rings. The Kier molecular flexibility index (Phi) is 6.67. The van der Waals surface area contributed by atoms with E-state index in [0.717, 1.165) is 29.7 Å². The number of carbonyl (C=O) groups is 2. The van der Waals surface area contributed by atoms with Crippen molar-refractivity contribution < 1.29 is 23.9 Å².